The van der Waals surface area contributed by atoms with Crippen molar-refractivity contribution < 1.29 is 18.9 Å². The van der Waals surface area contributed by atoms with Crippen molar-refractivity contribution >= 4 is 48.4 Å². The minimum absolute atomic E-state index is 0.167. The second kappa shape index (κ2) is 11.4. The molecule has 1 aliphatic heterocycles. The number of hydrogen-bond donors (Lipinski definition) is 0. The second-order valence-corrected chi connectivity index (χ2v) is 14.4. The van der Waals surface area contributed by atoms with Gasteiger partial charge in [-0.1, -0.05) is 80.6 Å². The van der Waals surface area contributed by atoms with Gasteiger partial charge in [0.1, 0.15) is 11.5 Å². The molecule has 2 aliphatic rings. The molecule has 0 radical (unpaired) electrons. The lowest BCUT2D eigenvalue weighted by Gasteiger charge is -2.39. The van der Waals surface area contributed by atoms with Crippen molar-refractivity contribution in [3.05, 3.63) is 137 Å². The Morgan fingerprint density at radius 1 is 0.640 bits per heavy atom. The largest absolute Gasteiger partial charge is 0.497 e. The van der Waals surface area contributed by atoms with Crippen molar-refractivity contribution in [1.82, 2.24) is 0 Å². The average Bonchev–Trinajstić information content (AvgIpc) is 3.70. The average molecular weight is 675 g/mol. The first-order valence-electron chi connectivity index (χ1n) is 17.3. The Labute approximate surface area is 296 Å². The Morgan fingerprint density at radius 3 is 2.06 bits per heavy atom. The van der Waals surface area contributed by atoms with Gasteiger partial charge in [-0.15, -0.1) is 11.3 Å². The third-order valence-electron chi connectivity index (χ3n) is 11.3. The van der Waals surface area contributed by atoms with Gasteiger partial charge in [-0.3, -0.25) is 0 Å². The summed E-state index contributed by atoms with van der Waals surface area (Å²) in [6.07, 6.45) is 6.55. The number of methoxy groups -OCH3 is 3. The van der Waals surface area contributed by atoms with Crippen LogP contribution in [0.1, 0.15) is 54.5 Å². The molecule has 4 nitrogen and oxygen atoms in total. The maximum Gasteiger partial charge on any atom is 0.178 e. The molecule has 6 aromatic carbocycles. The first kappa shape index (κ1) is 30.8. The van der Waals surface area contributed by atoms with Crippen LogP contribution in [0.4, 0.5) is 0 Å². The van der Waals surface area contributed by atoms with Gasteiger partial charge in [-0.05, 0) is 89.0 Å². The number of fused-ring (bicyclic) bond motifs is 11. The van der Waals surface area contributed by atoms with Gasteiger partial charge in [0.25, 0.3) is 0 Å². The van der Waals surface area contributed by atoms with E-state index in [0.29, 0.717) is 11.5 Å². The Kier molecular flexibility index (Phi) is 7.01. The Balaban J connectivity index is 1.39. The first-order chi connectivity index (χ1) is 24.5. The van der Waals surface area contributed by atoms with Crippen LogP contribution in [0, 0.1) is 0 Å². The van der Waals surface area contributed by atoms with Crippen LogP contribution in [0.15, 0.2) is 109 Å². The van der Waals surface area contributed by atoms with Gasteiger partial charge in [-0.2, -0.15) is 0 Å². The summed E-state index contributed by atoms with van der Waals surface area (Å²) < 4.78 is 27.7. The quantitative estimate of drug-likeness (QED) is 0.169. The van der Waals surface area contributed by atoms with Crippen LogP contribution >= 0.6 is 11.3 Å². The van der Waals surface area contributed by atoms with Crippen LogP contribution in [0.5, 0.6) is 23.0 Å². The normalized spacial score (nSPS) is 17.0. The van der Waals surface area contributed by atoms with E-state index in [9.17, 15) is 0 Å². The van der Waals surface area contributed by atoms with Crippen LogP contribution in [0.3, 0.4) is 0 Å². The predicted octanol–water partition coefficient (Wildman–Crippen LogP) is 11.7. The van der Waals surface area contributed by atoms with E-state index in [1.165, 1.54) is 42.4 Å². The SMILES string of the molecule is CCC1(CC)c2ccccc2-c2c1c1c(c3cc(OC)c(OC)cc23)OC(c2ccc(OC)cc2)(c2ccc3sc4ccccc4c3c2)C=C1. The first-order valence-corrected chi connectivity index (χ1v) is 18.1. The van der Waals surface area contributed by atoms with Crippen molar-refractivity contribution in [3.8, 4) is 34.1 Å². The molecule has 1 aromatic heterocycles. The maximum atomic E-state index is 7.67. The van der Waals surface area contributed by atoms with E-state index in [-0.39, 0.29) is 5.41 Å². The summed E-state index contributed by atoms with van der Waals surface area (Å²) in [5, 5.41) is 4.59. The number of thiophene rings is 1. The van der Waals surface area contributed by atoms with E-state index < -0.39 is 5.60 Å². The monoisotopic (exact) mass is 674 g/mol. The van der Waals surface area contributed by atoms with E-state index in [1.807, 2.05) is 23.5 Å². The summed E-state index contributed by atoms with van der Waals surface area (Å²) in [5.41, 5.74) is 7.38. The summed E-state index contributed by atoms with van der Waals surface area (Å²) in [6.45, 7) is 4.63. The molecule has 0 saturated heterocycles. The molecule has 1 atom stereocenters. The molecule has 0 fully saturated rings. The van der Waals surface area contributed by atoms with Crippen molar-refractivity contribution in [2.45, 2.75) is 37.7 Å². The topological polar surface area (TPSA) is 36.9 Å². The predicted molar refractivity (Wildman–Crippen MR) is 207 cm³/mol. The van der Waals surface area contributed by atoms with Gasteiger partial charge in [0.2, 0.25) is 0 Å². The number of benzene rings is 6. The molecular formula is C45H38O4S. The van der Waals surface area contributed by atoms with Crippen LogP contribution in [-0.2, 0) is 11.0 Å². The highest BCUT2D eigenvalue weighted by Gasteiger charge is 2.47. The van der Waals surface area contributed by atoms with Crippen molar-refractivity contribution in [2.24, 2.45) is 0 Å². The lowest BCUT2D eigenvalue weighted by molar-refractivity contribution is 0.163. The van der Waals surface area contributed by atoms with Crippen molar-refractivity contribution in [1.29, 1.82) is 0 Å². The second-order valence-electron chi connectivity index (χ2n) is 13.3. The summed E-state index contributed by atoms with van der Waals surface area (Å²) in [6, 6.07) is 36.9. The molecule has 2 heterocycles. The molecule has 0 N–H and O–H groups in total. The molecule has 1 aliphatic carbocycles. The summed E-state index contributed by atoms with van der Waals surface area (Å²) in [7, 11) is 5.10. The number of ether oxygens (including phenoxy) is 4. The van der Waals surface area contributed by atoms with Crippen molar-refractivity contribution in [2.75, 3.05) is 21.3 Å². The molecule has 0 amide bonds. The van der Waals surface area contributed by atoms with E-state index in [0.717, 1.165) is 51.8 Å². The fourth-order valence-corrected chi connectivity index (χ4v) is 9.84. The number of hydrogen-bond acceptors (Lipinski definition) is 5. The smallest absolute Gasteiger partial charge is 0.178 e. The standard InChI is InChI=1S/C45H38O4S/c1-6-44(7-2)36-14-10-8-13-31(36)41-34-25-37(47-4)38(48-5)26-35(34)43-32(42(41)44)22-23-45(49-43,27-16-19-29(46-3)20-17-27)28-18-21-40-33(24-28)30-12-9-11-15-39(30)50-40/h8-26H,6-7H2,1-5H3. The maximum absolute atomic E-state index is 7.67. The van der Waals surface area contributed by atoms with Gasteiger partial charge >= 0.3 is 0 Å². The van der Waals surface area contributed by atoms with E-state index in [2.05, 4.69) is 117 Å². The zero-order valence-electron chi connectivity index (χ0n) is 28.9. The fourth-order valence-electron chi connectivity index (χ4n) is 8.75. The van der Waals surface area contributed by atoms with E-state index in [4.69, 9.17) is 18.9 Å². The lowest BCUT2D eigenvalue weighted by Crippen LogP contribution is -2.35. The van der Waals surface area contributed by atoms with Crippen LogP contribution < -0.4 is 18.9 Å². The van der Waals surface area contributed by atoms with Crippen molar-refractivity contribution in [3.63, 3.8) is 0 Å². The third kappa shape index (κ3) is 4.10. The van der Waals surface area contributed by atoms with Crippen LogP contribution in [0.2, 0.25) is 0 Å². The minimum atomic E-state index is -0.919. The Hall–Kier alpha value is -5.26. The zero-order chi connectivity index (χ0) is 34.2. The van der Waals surface area contributed by atoms with Gasteiger partial charge in [0.15, 0.2) is 17.1 Å². The molecule has 0 spiro atoms. The van der Waals surface area contributed by atoms with Gasteiger partial charge < -0.3 is 18.9 Å². The number of rotatable bonds is 7. The van der Waals surface area contributed by atoms with Crippen LogP contribution in [0.25, 0.3) is 48.1 Å². The highest BCUT2D eigenvalue weighted by Crippen LogP contribution is 2.61. The zero-order valence-corrected chi connectivity index (χ0v) is 29.7. The lowest BCUT2D eigenvalue weighted by atomic mass is 9.71. The Morgan fingerprint density at radius 2 is 1.32 bits per heavy atom. The molecule has 1 unspecified atom stereocenters. The highest BCUT2D eigenvalue weighted by atomic mass is 32.1. The summed E-state index contributed by atoms with van der Waals surface area (Å²) >= 11 is 1.83. The molecule has 0 saturated carbocycles. The Bertz CT molecular complexity index is 2500. The highest BCUT2D eigenvalue weighted by molar-refractivity contribution is 7.25. The molecular weight excluding hydrogens is 637 g/mol. The molecule has 9 rings (SSSR count). The van der Waals surface area contributed by atoms with Gasteiger partial charge in [0.05, 0.1) is 21.3 Å². The molecule has 248 valence electrons. The molecule has 0 bridgehead atoms. The molecule has 50 heavy (non-hydrogen) atoms. The van der Waals surface area contributed by atoms with Gasteiger partial charge in [0, 0.05) is 47.7 Å². The van der Waals surface area contributed by atoms with Crippen LogP contribution in [-0.4, -0.2) is 21.3 Å². The molecule has 5 heteroatoms. The third-order valence-corrected chi connectivity index (χ3v) is 12.4. The summed E-state index contributed by atoms with van der Waals surface area (Å²) in [4.78, 5) is 0. The van der Waals surface area contributed by atoms with E-state index >= 15 is 0 Å². The minimum Gasteiger partial charge on any atom is -0.497 e. The van der Waals surface area contributed by atoms with E-state index in [1.54, 1.807) is 21.3 Å². The fraction of sp³-hybridized carbons (Fsp3) is 0.200. The van der Waals surface area contributed by atoms with Gasteiger partial charge in [-0.25, -0.2) is 0 Å². The molecule has 7 aromatic rings. The summed E-state index contributed by atoms with van der Waals surface area (Å²) in [5.74, 6) is 3.03.